The molecule has 0 fully saturated rings. The Morgan fingerprint density at radius 2 is 1.67 bits per heavy atom. The van der Waals surface area contributed by atoms with Crippen molar-refractivity contribution in [3.05, 3.63) is 0 Å². The van der Waals surface area contributed by atoms with E-state index in [0.29, 0.717) is 0 Å². The molecule has 0 aliphatic carbocycles. The van der Waals surface area contributed by atoms with Crippen LogP contribution in [-0.4, -0.2) is 11.9 Å². The molecule has 0 aromatic heterocycles. The molecular weight excluding hydrogens is 89.0 g/mol. The first-order valence-electron chi connectivity index (χ1n) is 1.14. The molecule has 0 aromatic carbocycles. The van der Waals surface area contributed by atoms with E-state index in [0.717, 1.165) is 0 Å². The maximum atomic E-state index is 10.7. The number of hydrogen-bond acceptors (Lipinski definition) is 2. The zero-order valence-corrected chi connectivity index (χ0v) is 2.77. The number of hydrogen-bond donors (Lipinski definition) is 1. The molecule has 2 N–H and O–H groups in total. The fourth-order valence-electron chi connectivity index (χ4n) is 0. The van der Waals surface area contributed by atoms with Crippen molar-refractivity contribution in [3.63, 3.8) is 0 Å². The second-order valence-electron chi connectivity index (χ2n) is 0.638. The van der Waals surface area contributed by atoms with Gasteiger partial charge in [0.1, 0.15) is 0 Å². The van der Waals surface area contributed by atoms with Crippen LogP contribution in [-0.2, 0) is 9.59 Å². The fraction of sp³-hybridized carbons (Fsp3) is 0. The molecule has 0 unspecified atom stereocenters. The molecule has 34 valence electrons. The average Bonchev–Trinajstić information content (AvgIpc) is 1.36. The molecule has 0 aliphatic heterocycles. The van der Waals surface area contributed by atoms with Gasteiger partial charge < -0.3 is 5.73 Å². The highest BCUT2D eigenvalue weighted by molar-refractivity contribution is 6.31. The summed E-state index contributed by atoms with van der Waals surface area (Å²) in [6.07, 6.45) is 0. The van der Waals surface area contributed by atoms with Gasteiger partial charge in [-0.05, 0) is 0 Å². The number of rotatable bonds is 1. The van der Waals surface area contributed by atoms with Gasteiger partial charge in [-0.15, -0.1) is 0 Å². The quantitative estimate of drug-likeness (QED) is 0.331. The van der Waals surface area contributed by atoms with Gasteiger partial charge in [-0.1, -0.05) is 0 Å². The zero-order chi connectivity index (χ0) is 5.15. The van der Waals surface area contributed by atoms with Crippen LogP contribution in [0.3, 0.4) is 0 Å². The number of nitrogens with two attached hydrogens (primary N) is 1. The molecule has 4 heteroatoms. The highest BCUT2D eigenvalue weighted by atomic mass is 19.1. The van der Waals surface area contributed by atoms with Crippen molar-refractivity contribution in [3.8, 4) is 0 Å². The molecule has 3 nitrogen and oxygen atoms in total. The number of carbonyl (C=O) groups excluding carboxylic acids is 2. The van der Waals surface area contributed by atoms with Crippen LogP contribution in [0.2, 0.25) is 0 Å². The molecule has 0 aliphatic rings. The molecular formula is C2H2FNO2. The lowest BCUT2D eigenvalue weighted by molar-refractivity contribution is -0.142. The van der Waals surface area contributed by atoms with Gasteiger partial charge in [0.25, 0.3) is 0 Å². The van der Waals surface area contributed by atoms with E-state index in [9.17, 15) is 9.18 Å². The Bertz CT molecular complexity index is 77.5. The summed E-state index contributed by atoms with van der Waals surface area (Å²) in [5, 5.41) is 0. The Labute approximate surface area is 32.9 Å². The van der Waals surface area contributed by atoms with Crippen LogP contribution in [0.5, 0.6) is 0 Å². The first kappa shape index (κ1) is 5.07. The third-order valence-electron chi connectivity index (χ3n) is 0.194. The van der Waals surface area contributed by atoms with E-state index in [4.69, 9.17) is 4.79 Å². The van der Waals surface area contributed by atoms with Crippen molar-refractivity contribution in [1.82, 2.24) is 0 Å². The first-order valence-corrected chi connectivity index (χ1v) is 1.14. The zero-order valence-electron chi connectivity index (χ0n) is 2.77. The molecule has 0 radical (unpaired) electrons. The second kappa shape index (κ2) is 1.49. The van der Waals surface area contributed by atoms with E-state index in [2.05, 4.69) is 5.73 Å². The van der Waals surface area contributed by atoms with Gasteiger partial charge in [0.2, 0.25) is 0 Å². The second-order valence-corrected chi connectivity index (χ2v) is 0.638. The van der Waals surface area contributed by atoms with Gasteiger partial charge in [0.05, 0.1) is 0 Å². The SMILES string of the molecule is NC(=O)C(=O)F. The molecule has 1 amide bonds. The summed E-state index contributed by atoms with van der Waals surface area (Å²) in [7, 11) is 0. The summed E-state index contributed by atoms with van der Waals surface area (Å²) in [5.74, 6) is -1.55. The van der Waals surface area contributed by atoms with E-state index in [1.54, 1.807) is 0 Å². The van der Waals surface area contributed by atoms with Gasteiger partial charge in [0, 0.05) is 0 Å². The van der Waals surface area contributed by atoms with Crippen molar-refractivity contribution in [2.45, 2.75) is 0 Å². The molecule has 0 rings (SSSR count). The van der Waals surface area contributed by atoms with Crippen molar-refractivity contribution in [1.29, 1.82) is 0 Å². The van der Waals surface area contributed by atoms with Crippen molar-refractivity contribution < 1.29 is 14.0 Å². The van der Waals surface area contributed by atoms with Gasteiger partial charge in [-0.2, -0.15) is 4.39 Å². The minimum atomic E-state index is -2.10. The summed E-state index contributed by atoms with van der Waals surface area (Å²) in [6.45, 7) is 0. The third-order valence-corrected chi connectivity index (χ3v) is 0.194. The molecule has 6 heavy (non-hydrogen) atoms. The molecule has 0 heterocycles. The Hall–Kier alpha value is -0.930. The third kappa shape index (κ3) is 1.40. The van der Waals surface area contributed by atoms with Crippen molar-refractivity contribution in [2.24, 2.45) is 5.73 Å². The Kier molecular flexibility index (Phi) is 1.26. The smallest absolute Gasteiger partial charge is 0.361 e. The van der Waals surface area contributed by atoms with Crippen LogP contribution >= 0.6 is 0 Å². The summed E-state index contributed by atoms with van der Waals surface area (Å²) in [6, 6.07) is -2.10. The Morgan fingerprint density at radius 3 is 1.67 bits per heavy atom. The minimum Gasteiger partial charge on any atom is -0.361 e. The van der Waals surface area contributed by atoms with Crippen LogP contribution in [0.1, 0.15) is 0 Å². The molecule has 0 atom stereocenters. The predicted octanol–water partition coefficient (Wildman–Crippen LogP) is -1.03. The summed E-state index contributed by atoms with van der Waals surface area (Å²) in [5.41, 5.74) is 4.07. The normalized spacial score (nSPS) is 7.50. The summed E-state index contributed by atoms with van der Waals surface area (Å²) >= 11 is 0. The van der Waals surface area contributed by atoms with E-state index >= 15 is 0 Å². The number of primary amides is 1. The standard InChI is InChI=1S/C2H2FNO2/c3-1(5)2(4)6/h(H2,4,6). The highest BCUT2D eigenvalue weighted by Crippen LogP contribution is 1.63. The number of halogens is 1. The molecule has 0 saturated carbocycles. The minimum absolute atomic E-state index is 1.55. The van der Waals surface area contributed by atoms with Gasteiger partial charge in [-0.25, -0.2) is 4.79 Å². The maximum Gasteiger partial charge on any atom is 0.388 e. The van der Waals surface area contributed by atoms with E-state index in [1.165, 1.54) is 0 Å². The Morgan fingerprint density at radius 1 is 1.50 bits per heavy atom. The lowest BCUT2D eigenvalue weighted by Gasteiger charge is -1.70. The van der Waals surface area contributed by atoms with E-state index < -0.39 is 11.9 Å². The number of amides is 1. The lowest BCUT2D eigenvalue weighted by Crippen LogP contribution is -2.18. The van der Waals surface area contributed by atoms with E-state index in [1.807, 2.05) is 0 Å². The van der Waals surface area contributed by atoms with Crippen LogP contribution in [0.15, 0.2) is 0 Å². The first-order chi connectivity index (χ1) is 2.64. The van der Waals surface area contributed by atoms with E-state index in [-0.39, 0.29) is 0 Å². The highest BCUT2D eigenvalue weighted by Gasteiger charge is 2.02. The predicted molar refractivity (Wildman–Crippen MR) is 15.3 cm³/mol. The Balaban J connectivity index is 3.57. The largest absolute Gasteiger partial charge is 0.388 e. The topological polar surface area (TPSA) is 60.2 Å². The average molecular weight is 91.0 g/mol. The van der Waals surface area contributed by atoms with Gasteiger partial charge >= 0.3 is 11.9 Å². The van der Waals surface area contributed by atoms with Crippen LogP contribution in [0.4, 0.5) is 4.39 Å². The maximum absolute atomic E-state index is 10.7. The van der Waals surface area contributed by atoms with Gasteiger partial charge in [0.15, 0.2) is 0 Å². The van der Waals surface area contributed by atoms with Crippen LogP contribution in [0, 0.1) is 0 Å². The summed E-state index contributed by atoms with van der Waals surface area (Å²) in [4.78, 5) is 18.2. The molecule has 0 bridgehead atoms. The monoisotopic (exact) mass is 91.0 g/mol. The fourth-order valence-corrected chi connectivity index (χ4v) is 0. The number of carbonyl (C=O) groups is 2. The molecule has 0 spiro atoms. The van der Waals surface area contributed by atoms with Crippen LogP contribution in [0.25, 0.3) is 0 Å². The lowest BCUT2D eigenvalue weighted by atomic mass is 10.7. The molecule has 0 aromatic rings. The van der Waals surface area contributed by atoms with Gasteiger partial charge in [-0.3, -0.25) is 4.79 Å². The summed E-state index contributed by atoms with van der Waals surface area (Å²) < 4.78 is 10.7. The van der Waals surface area contributed by atoms with Crippen molar-refractivity contribution >= 4 is 11.9 Å². The van der Waals surface area contributed by atoms with Crippen molar-refractivity contribution in [2.75, 3.05) is 0 Å². The molecule has 0 saturated heterocycles. The van der Waals surface area contributed by atoms with Crippen LogP contribution < -0.4 is 5.73 Å².